The third-order valence-corrected chi connectivity index (χ3v) is 4.73. The molecule has 1 aliphatic heterocycles. The zero-order valence-electron chi connectivity index (χ0n) is 13.1. The molecule has 1 aliphatic rings. The lowest BCUT2D eigenvalue weighted by Gasteiger charge is -2.15. The molecule has 0 bridgehead atoms. The molecule has 0 saturated carbocycles. The van der Waals surface area contributed by atoms with Crippen molar-refractivity contribution in [2.45, 2.75) is 25.6 Å². The number of aryl methyl sites for hydroxylation is 1. The van der Waals surface area contributed by atoms with Crippen LogP contribution in [-0.2, 0) is 11.2 Å². The van der Waals surface area contributed by atoms with Gasteiger partial charge >= 0.3 is 13.1 Å². The number of carboxylic acid groups (broad SMARTS) is 1. The van der Waals surface area contributed by atoms with Gasteiger partial charge in [-0.05, 0) is 55.7 Å². The van der Waals surface area contributed by atoms with Crippen molar-refractivity contribution >= 4 is 24.7 Å². The van der Waals surface area contributed by atoms with E-state index >= 15 is 0 Å². The number of carbonyl (C=O) groups is 1. The minimum Gasteiger partial charge on any atom is -0.481 e. The zero-order valence-corrected chi connectivity index (χ0v) is 13.8. The summed E-state index contributed by atoms with van der Waals surface area (Å²) in [4.78, 5) is 13.5. The molecule has 1 unspecified atom stereocenters. The van der Waals surface area contributed by atoms with E-state index in [4.69, 9.17) is 21.6 Å². The quantitative estimate of drug-likeness (QED) is 0.629. The topological polar surface area (TPSA) is 81.0 Å². The Bertz CT molecular complexity index is 511. The van der Waals surface area contributed by atoms with Gasteiger partial charge in [0, 0.05) is 18.1 Å². The number of carboxylic acids is 1. The lowest BCUT2D eigenvalue weighted by atomic mass is 9.78. The standard InChI is InChI=1S/C16H23BClNO4/c18-14-5-3-12(4-6-14)2-1-9-19-10-13(7-8-17(22)23)15(11-19)16(20)21/h3-6,13,15,22-23H,1-2,7-11H2,(H,20,21)/t13?,15-/m1/s1. The summed E-state index contributed by atoms with van der Waals surface area (Å²) >= 11 is 5.86. The first-order valence-electron chi connectivity index (χ1n) is 8.01. The van der Waals surface area contributed by atoms with Crippen LogP contribution >= 0.6 is 11.6 Å². The molecule has 0 radical (unpaired) electrons. The number of hydrogen-bond acceptors (Lipinski definition) is 4. The van der Waals surface area contributed by atoms with Crippen molar-refractivity contribution in [3.63, 3.8) is 0 Å². The molecule has 1 aromatic rings. The molecule has 0 amide bonds. The van der Waals surface area contributed by atoms with Crippen molar-refractivity contribution in [1.29, 1.82) is 0 Å². The number of rotatable bonds is 8. The second kappa shape index (κ2) is 8.69. The van der Waals surface area contributed by atoms with Gasteiger partial charge in [-0.25, -0.2) is 0 Å². The van der Waals surface area contributed by atoms with Gasteiger partial charge in [0.25, 0.3) is 0 Å². The fourth-order valence-electron chi connectivity index (χ4n) is 3.24. The number of halogens is 1. The highest BCUT2D eigenvalue weighted by molar-refractivity contribution is 6.40. The fourth-order valence-corrected chi connectivity index (χ4v) is 3.36. The van der Waals surface area contributed by atoms with E-state index in [2.05, 4.69) is 4.90 Å². The van der Waals surface area contributed by atoms with Crippen LogP contribution < -0.4 is 0 Å². The van der Waals surface area contributed by atoms with Gasteiger partial charge in [0.15, 0.2) is 0 Å². The summed E-state index contributed by atoms with van der Waals surface area (Å²) < 4.78 is 0. The van der Waals surface area contributed by atoms with E-state index in [0.29, 0.717) is 19.5 Å². The Labute approximate surface area is 142 Å². The smallest absolute Gasteiger partial charge is 0.451 e. The van der Waals surface area contributed by atoms with Gasteiger partial charge in [-0.3, -0.25) is 4.79 Å². The predicted molar refractivity (Wildman–Crippen MR) is 90.4 cm³/mol. The van der Waals surface area contributed by atoms with E-state index in [9.17, 15) is 9.90 Å². The van der Waals surface area contributed by atoms with Gasteiger partial charge in [0.2, 0.25) is 0 Å². The summed E-state index contributed by atoms with van der Waals surface area (Å²) in [6, 6.07) is 7.78. The molecule has 1 fully saturated rings. The third-order valence-electron chi connectivity index (χ3n) is 4.48. The van der Waals surface area contributed by atoms with Crippen molar-refractivity contribution in [3.8, 4) is 0 Å². The van der Waals surface area contributed by atoms with Crippen molar-refractivity contribution < 1.29 is 19.9 Å². The van der Waals surface area contributed by atoms with Gasteiger partial charge in [-0.1, -0.05) is 23.7 Å². The Morgan fingerprint density at radius 3 is 2.57 bits per heavy atom. The largest absolute Gasteiger partial charge is 0.481 e. The summed E-state index contributed by atoms with van der Waals surface area (Å²) in [5.74, 6) is -1.21. The lowest BCUT2D eigenvalue weighted by molar-refractivity contribution is -0.142. The normalized spacial score (nSPS) is 21.5. The van der Waals surface area contributed by atoms with Crippen LogP contribution in [0.5, 0.6) is 0 Å². The molecule has 5 nitrogen and oxygen atoms in total. The predicted octanol–water partition coefficient (Wildman–Crippen LogP) is 1.77. The summed E-state index contributed by atoms with van der Waals surface area (Å²) in [7, 11) is -1.36. The number of hydrogen-bond donors (Lipinski definition) is 3. The minimum absolute atomic E-state index is 0.00941. The third kappa shape index (κ3) is 5.81. The summed E-state index contributed by atoms with van der Waals surface area (Å²) in [5.41, 5.74) is 1.23. The Balaban J connectivity index is 1.79. The van der Waals surface area contributed by atoms with Crippen LogP contribution in [0, 0.1) is 11.8 Å². The summed E-state index contributed by atoms with van der Waals surface area (Å²) in [6.45, 7) is 2.11. The molecule has 23 heavy (non-hydrogen) atoms. The highest BCUT2D eigenvalue weighted by Crippen LogP contribution is 2.28. The van der Waals surface area contributed by atoms with Crippen LogP contribution in [-0.4, -0.2) is 52.8 Å². The van der Waals surface area contributed by atoms with Crippen LogP contribution in [0.25, 0.3) is 0 Å². The van der Waals surface area contributed by atoms with Crippen LogP contribution in [0.4, 0.5) is 0 Å². The maximum atomic E-state index is 11.4. The zero-order chi connectivity index (χ0) is 16.8. The van der Waals surface area contributed by atoms with E-state index in [1.165, 1.54) is 5.56 Å². The van der Waals surface area contributed by atoms with Crippen molar-refractivity contribution in [2.24, 2.45) is 11.8 Å². The highest BCUT2D eigenvalue weighted by atomic mass is 35.5. The van der Waals surface area contributed by atoms with E-state index in [0.717, 1.165) is 24.4 Å². The molecule has 0 aliphatic carbocycles. The first-order valence-corrected chi connectivity index (χ1v) is 8.39. The van der Waals surface area contributed by atoms with E-state index in [1.54, 1.807) is 0 Å². The molecular formula is C16H23BClNO4. The summed E-state index contributed by atoms with van der Waals surface area (Å²) in [6.07, 6.45) is 2.66. The maximum absolute atomic E-state index is 11.4. The minimum atomic E-state index is -1.36. The maximum Gasteiger partial charge on any atom is 0.451 e. The van der Waals surface area contributed by atoms with Crippen LogP contribution in [0.3, 0.4) is 0 Å². The van der Waals surface area contributed by atoms with E-state index < -0.39 is 19.0 Å². The van der Waals surface area contributed by atoms with Gasteiger partial charge in [0.05, 0.1) is 5.92 Å². The molecule has 1 aromatic carbocycles. The monoisotopic (exact) mass is 339 g/mol. The number of aliphatic carboxylic acids is 1. The van der Waals surface area contributed by atoms with Gasteiger partial charge in [-0.2, -0.15) is 0 Å². The number of benzene rings is 1. The fraction of sp³-hybridized carbons (Fsp3) is 0.562. The van der Waals surface area contributed by atoms with Crippen molar-refractivity contribution in [1.82, 2.24) is 4.90 Å². The number of nitrogens with zero attached hydrogens (tertiary/aromatic N) is 1. The van der Waals surface area contributed by atoms with Crippen molar-refractivity contribution in [2.75, 3.05) is 19.6 Å². The Kier molecular flexibility index (Phi) is 6.90. The highest BCUT2D eigenvalue weighted by Gasteiger charge is 2.37. The van der Waals surface area contributed by atoms with Crippen LogP contribution in [0.15, 0.2) is 24.3 Å². The second-order valence-corrected chi connectivity index (χ2v) is 6.69. The molecule has 3 N–H and O–H groups in total. The van der Waals surface area contributed by atoms with E-state index in [-0.39, 0.29) is 12.2 Å². The summed E-state index contributed by atoms with van der Waals surface area (Å²) in [5, 5.41) is 28.0. The Hall–Kier alpha value is -1.08. The molecule has 1 heterocycles. The average molecular weight is 340 g/mol. The number of likely N-dealkylation sites (tertiary alicyclic amines) is 1. The molecule has 2 atom stereocenters. The van der Waals surface area contributed by atoms with Gasteiger partial charge < -0.3 is 20.1 Å². The lowest BCUT2D eigenvalue weighted by Crippen LogP contribution is -2.25. The Morgan fingerprint density at radius 2 is 1.96 bits per heavy atom. The molecule has 0 spiro atoms. The van der Waals surface area contributed by atoms with Crippen molar-refractivity contribution in [3.05, 3.63) is 34.9 Å². The average Bonchev–Trinajstić information content (AvgIpc) is 2.91. The SMILES string of the molecule is O=C(O)[C@@H]1CN(CCCc2ccc(Cl)cc2)CC1CCB(O)O. The second-order valence-electron chi connectivity index (χ2n) is 6.25. The molecule has 0 aromatic heterocycles. The molecule has 7 heteroatoms. The molecule has 126 valence electrons. The first kappa shape index (κ1) is 18.3. The van der Waals surface area contributed by atoms with Gasteiger partial charge in [-0.15, -0.1) is 0 Å². The molecule has 1 saturated heterocycles. The first-order chi connectivity index (χ1) is 11.0. The van der Waals surface area contributed by atoms with E-state index in [1.807, 2.05) is 24.3 Å². The van der Waals surface area contributed by atoms with Crippen LogP contribution in [0.2, 0.25) is 11.3 Å². The molecule has 2 rings (SSSR count). The van der Waals surface area contributed by atoms with Crippen LogP contribution in [0.1, 0.15) is 18.4 Å². The molecular weight excluding hydrogens is 316 g/mol. The Morgan fingerprint density at radius 1 is 1.26 bits per heavy atom. The van der Waals surface area contributed by atoms with Gasteiger partial charge in [0.1, 0.15) is 0 Å².